The summed E-state index contributed by atoms with van der Waals surface area (Å²) in [6.07, 6.45) is 36.1. The molecule has 0 aliphatic carbocycles. The van der Waals surface area contributed by atoms with Crippen molar-refractivity contribution in [2.75, 3.05) is 26.4 Å². The van der Waals surface area contributed by atoms with Crippen LogP contribution in [-0.2, 0) is 33.2 Å². The minimum Gasteiger partial charge on any atom is -0.394 e. The Labute approximate surface area is 528 Å². The van der Waals surface area contributed by atoms with Gasteiger partial charge >= 0.3 is 0 Å². The second-order valence-corrected chi connectivity index (χ2v) is 24.3. The molecule has 510 valence electrons. The third kappa shape index (κ3) is 32.7. The van der Waals surface area contributed by atoms with E-state index in [9.17, 15) is 61.0 Å². The number of hydrogen-bond donors (Lipinski definition) is 12. The van der Waals surface area contributed by atoms with E-state index in [2.05, 4.69) is 73.8 Å². The van der Waals surface area contributed by atoms with E-state index in [0.29, 0.717) is 12.8 Å². The standard InChI is InChI=1S/C69H121NO18/c1-3-5-7-9-11-13-15-17-19-21-22-23-24-25-26-27-28-29-31-32-34-36-38-40-42-44-46-53(74)52(70-57(75)47-45-43-41-39-37-35-33-30-20-18-16-14-12-10-8-6-4-2)51-83-67-63(81)60(78)65(55(49-72)85-67)88-69-64(82)61(79)66(56(50-73)86-69)87-68-62(80)59(77)58(76)54(48-71)84-68/h6,8,12,14,18,20,33,35,39,41,44,46,52-56,58-69,71-74,76-82H,3-5,7,9-11,13,15-17,19,21-32,34,36-38,40,42-43,45,47-51H2,1-2H3,(H,70,75)/b8-6-,14-12-,20-18-,35-33-,41-39-,46-44+. The predicted octanol–water partition coefficient (Wildman–Crippen LogP) is 8.55. The lowest BCUT2D eigenvalue weighted by Crippen LogP contribution is -2.66. The highest BCUT2D eigenvalue weighted by molar-refractivity contribution is 5.76. The molecule has 0 spiro atoms. The van der Waals surface area contributed by atoms with Gasteiger partial charge in [-0.1, -0.05) is 234 Å². The molecule has 3 aliphatic heterocycles. The number of hydrogen-bond acceptors (Lipinski definition) is 18. The van der Waals surface area contributed by atoms with Crippen molar-refractivity contribution < 1.29 is 89.4 Å². The van der Waals surface area contributed by atoms with E-state index in [-0.39, 0.29) is 18.9 Å². The molecular formula is C69H121NO18. The SMILES string of the molecule is CC/C=C\C/C=C\C/C=C\C/C=C\C/C=C\CCCC(=O)NC(COC1OC(CO)C(OC2OC(CO)C(OC3OC(CO)C(O)C(O)C3O)C(O)C2O)C(O)C1O)C(O)/C=C/CCCCCCCCCCCCCCCCCCCCCCCCCC. The largest absolute Gasteiger partial charge is 0.394 e. The first-order valence-corrected chi connectivity index (χ1v) is 34.2. The summed E-state index contributed by atoms with van der Waals surface area (Å²) < 4.78 is 34.3. The maximum atomic E-state index is 13.3. The fourth-order valence-electron chi connectivity index (χ4n) is 11.2. The normalized spacial score (nSPS) is 28.9. The van der Waals surface area contributed by atoms with Gasteiger partial charge < -0.3 is 89.9 Å². The Hall–Kier alpha value is -2.77. The Bertz CT molecular complexity index is 1880. The molecule has 3 fully saturated rings. The Morgan fingerprint density at radius 1 is 0.420 bits per heavy atom. The zero-order valence-corrected chi connectivity index (χ0v) is 53.7. The average molecular weight is 1250 g/mol. The summed E-state index contributed by atoms with van der Waals surface area (Å²) in [5, 5.41) is 120. The quantitative estimate of drug-likeness (QED) is 0.0200. The van der Waals surface area contributed by atoms with Gasteiger partial charge in [-0.3, -0.25) is 4.79 Å². The lowest BCUT2D eigenvalue weighted by Gasteiger charge is -2.48. The van der Waals surface area contributed by atoms with Crippen LogP contribution in [0.25, 0.3) is 0 Å². The number of amides is 1. The van der Waals surface area contributed by atoms with Crippen LogP contribution in [0, 0.1) is 0 Å². The second-order valence-electron chi connectivity index (χ2n) is 24.3. The number of carbonyl (C=O) groups excluding carboxylic acids is 1. The summed E-state index contributed by atoms with van der Waals surface area (Å²) in [6.45, 7) is 1.58. The molecule has 19 nitrogen and oxygen atoms in total. The third-order valence-corrected chi connectivity index (χ3v) is 16.8. The van der Waals surface area contributed by atoms with Crippen molar-refractivity contribution in [2.45, 2.75) is 330 Å². The maximum absolute atomic E-state index is 13.3. The minimum absolute atomic E-state index is 0.162. The van der Waals surface area contributed by atoms with E-state index in [1.807, 2.05) is 12.2 Å². The fourth-order valence-corrected chi connectivity index (χ4v) is 11.2. The molecule has 12 N–H and O–H groups in total. The van der Waals surface area contributed by atoms with E-state index in [0.717, 1.165) is 57.8 Å². The van der Waals surface area contributed by atoms with Crippen molar-refractivity contribution in [3.05, 3.63) is 72.9 Å². The number of aliphatic hydroxyl groups is 11. The number of ether oxygens (including phenoxy) is 6. The number of rotatable bonds is 51. The molecule has 1 amide bonds. The van der Waals surface area contributed by atoms with Crippen LogP contribution in [0.4, 0.5) is 0 Å². The van der Waals surface area contributed by atoms with Gasteiger partial charge in [0, 0.05) is 6.42 Å². The molecule has 0 aromatic rings. The number of nitrogens with one attached hydrogen (secondary N) is 1. The van der Waals surface area contributed by atoms with Crippen LogP contribution in [-0.4, -0.2) is 193 Å². The van der Waals surface area contributed by atoms with Crippen molar-refractivity contribution in [1.29, 1.82) is 0 Å². The highest BCUT2D eigenvalue weighted by Crippen LogP contribution is 2.33. The highest BCUT2D eigenvalue weighted by atomic mass is 16.8. The Morgan fingerprint density at radius 2 is 0.784 bits per heavy atom. The average Bonchev–Trinajstić information content (AvgIpc) is 3.72. The summed E-state index contributed by atoms with van der Waals surface area (Å²) in [5.74, 6) is -0.333. The van der Waals surface area contributed by atoms with Crippen molar-refractivity contribution in [3.63, 3.8) is 0 Å². The number of allylic oxidation sites excluding steroid dienone is 11. The topological polar surface area (TPSA) is 307 Å². The number of carbonyl (C=O) groups is 1. The van der Waals surface area contributed by atoms with Gasteiger partial charge in [-0.05, 0) is 57.8 Å². The summed E-state index contributed by atoms with van der Waals surface area (Å²) in [7, 11) is 0. The lowest BCUT2D eigenvalue weighted by atomic mass is 9.96. The molecule has 0 aromatic carbocycles. The first-order valence-electron chi connectivity index (χ1n) is 34.2. The van der Waals surface area contributed by atoms with Gasteiger partial charge in [-0.25, -0.2) is 0 Å². The van der Waals surface area contributed by atoms with Crippen LogP contribution in [0.2, 0.25) is 0 Å². The van der Waals surface area contributed by atoms with Crippen LogP contribution in [0.3, 0.4) is 0 Å². The van der Waals surface area contributed by atoms with Gasteiger partial charge in [0.15, 0.2) is 18.9 Å². The van der Waals surface area contributed by atoms with Gasteiger partial charge in [-0.15, -0.1) is 0 Å². The van der Waals surface area contributed by atoms with Crippen LogP contribution >= 0.6 is 0 Å². The van der Waals surface area contributed by atoms with Gasteiger partial charge in [0.05, 0.1) is 38.6 Å². The van der Waals surface area contributed by atoms with Gasteiger partial charge in [0.1, 0.15) is 73.2 Å². The lowest BCUT2D eigenvalue weighted by molar-refractivity contribution is -0.379. The highest BCUT2D eigenvalue weighted by Gasteiger charge is 2.53. The van der Waals surface area contributed by atoms with E-state index in [1.54, 1.807) is 6.08 Å². The smallest absolute Gasteiger partial charge is 0.220 e. The first-order chi connectivity index (χ1) is 42.8. The zero-order chi connectivity index (χ0) is 64.0. The minimum atomic E-state index is -1.99. The predicted molar refractivity (Wildman–Crippen MR) is 341 cm³/mol. The van der Waals surface area contributed by atoms with Crippen LogP contribution < -0.4 is 5.32 Å². The monoisotopic (exact) mass is 1250 g/mol. The van der Waals surface area contributed by atoms with Gasteiger partial charge in [0.25, 0.3) is 0 Å². The molecule has 0 aromatic heterocycles. The van der Waals surface area contributed by atoms with E-state index < -0.39 is 124 Å². The van der Waals surface area contributed by atoms with Crippen LogP contribution in [0.5, 0.6) is 0 Å². The molecule has 0 bridgehead atoms. The number of aliphatic hydroxyl groups excluding tert-OH is 11. The molecule has 17 atom stereocenters. The molecular weight excluding hydrogens is 1130 g/mol. The Kier molecular flexibility index (Phi) is 45.8. The maximum Gasteiger partial charge on any atom is 0.220 e. The summed E-state index contributed by atoms with van der Waals surface area (Å²) in [4.78, 5) is 13.3. The van der Waals surface area contributed by atoms with Gasteiger partial charge in [0.2, 0.25) is 5.91 Å². The molecule has 3 heterocycles. The molecule has 3 saturated heterocycles. The second kappa shape index (κ2) is 50.7. The molecule has 0 saturated carbocycles. The van der Waals surface area contributed by atoms with Crippen LogP contribution in [0.1, 0.15) is 226 Å². The molecule has 3 rings (SSSR count). The number of unbranched alkanes of at least 4 members (excludes halogenated alkanes) is 25. The van der Waals surface area contributed by atoms with Crippen LogP contribution in [0.15, 0.2) is 72.9 Å². The fraction of sp³-hybridized carbons (Fsp3) is 0.812. The van der Waals surface area contributed by atoms with Crippen molar-refractivity contribution in [1.82, 2.24) is 5.32 Å². The summed E-state index contributed by atoms with van der Waals surface area (Å²) in [5.41, 5.74) is 0. The van der Waals surface area contributed by atoms with Gasteiger partial charge in [-0.2, -0.15) is 0 Å². The summed E-state index contributed by atoms with van der Waals surface area (Å²) >= 11 is 0. The molecule has 88 heavy (non-hydrogen) atoms. The van der Waals surface area contributed by atoms with E-state index in [1.165, 1.54) is 135 Å². The molecule has 3 aliphatic rings. The Balaban J connectivity index is 1.46. The molecule has 19 heteroatoms. The molecule has 0 radical (unpaired) electrons. The molecule has 17 unspecified atom stereocenters. The zero-order valence-electron chi connectivity index (χ0n) is 53.7. The summed E-state index contributed by atoms with van der Waals surface area (Å²) in [6, 6.07) is -1.01. The first kappa shape index (κ1) is 79.5. The van der Waals surface area contributed by atoms with E-state index >= 15 is 0 Å². The Morgan fingerprint density at radius 3 is 1.22 bits per heavy atom. The van der Waals surface area contributed by atoms with Crippen molar-refractivity contribution in [2.24, 2.45) is 0 Å². The van der Waals surface area contributed by atoms with Crippen molar-refractivity contribution >= 4 is 5.91 Å². The van der Waals surface area contributed by atoms with E-state index in [4.69, 9.17) is 28.4 Å². The third-order valence-electron chi connectivity index (χ3n) is 16.8. The van der Waals surface area contributed by atoms with Crippen molar-refractivity contribution in [3.8, 4) is 0 Å².